The van der Waals surface area contributed by atoms with Gasteiger partial charge in [-0.2, -0.15) is 0 Å². The zero-order valence-corrected chi connectivity index (χ0v) is 11.9. The summed E-state index contributed by atoms with van der Waals surface area (Å²) in [5.74, 6) is -0.455. The maximum Gasteiger partial charge on any atom is 0.143 e. The van der Waals surface area contributed by atoms with Crippen molar-refractivity contribution in [2.45, 2.75) is 26.3 Å². The van der Waals surface area contributed by atoms with Crippen molar-refractivity contribution >= 4 is 23.0 Å². The molecule has 18 heavy (non-hydrogen) atoms. The third-order valence-corrected chi connectivity index (χ3v) is 3.51. The molecule has 0 aliphatic rings. The van der Waals surface area contributed by atoms with Gasteiger partial charge in [0.2, 0.25) is 0 Å². The third kappa shape index (κ3) is 4.03. The third-order valence-electron chi connectivity index (χ3n) is 3.22. The molecule has 0 aromatic heterocycles. The fourth-order valence-electron chi connectivity index (χ4n) is 1.61. The van der Waals surface area contributed by atoms with Gasteiger partial charge < -0.3 is 16.0 Å². The number of nitrogens with two attached hydrogens (primary N) is 1. The van der Waals surface area contributed by atoms with Crippen molar-refractivity contribution in [2.75, 3.05) is 31.2 Å². The molecule has 3 nitrogen and oxygen atoms in total. The zero-order valence-electron chi connectivity index (χ0n) is 11.1. The number of anilines is 2. The molecule has 0 radical (unpaired) electrons. The van der Waals surface area contributed by atoms with E-state index in [4.69, 9.17) is 17.3 Å². The van der Waals surface area contributed by atoms with Gasteiger partial charge >= 0.3 is 0 Å². The molecule has 1 unspecified atom stereocenters. The molecule has 0 spiro atoms. The Morgan fingerprint density at radius 3 is 2.78 bits per heavy atom. The Labute approximate surface area is 113 Å². The molecule has 1 aromatic carbocycles. The molecule has 1 aromatic rings. The monoisotopic (exact) mass is 273 g/mol. The summed E-state index contributed by atoms with van der Waals surface area (Å²) in [7, 11) is 2.07. The number of hydrogen-bond acceptors (Lipinski definition) is 3. The van der Waals surface area contributed by atoms with Crippen LogP contribution >= 0.6 is 11.6 Å². The molecule has 0 aliphatic heterocycles. The van der Waals surface area contributed by atoms with Crippen LogP contribution in [-0.4, -0.2) is 31.1 Å². The highest BCUT2D eigenvalue weighted by Crippen LogP contribution is 2.25. The fraction of sp³-hybridized carbons (Fsp3) is 0.538. The molecular weight excluding hydrogens is 253 g/mol. The van der Waals surface area contributed by atoms with Crippen LogP contribution in [0.2, 0.25) is 5.02 Å². The highest BCUT2D eigenvalue weighted by Gasteiger charge is 2.08. The molecule has 0 fully saturated rings. The number of hydrogen-bond donors (Lipinski definition) is 2. The lowest BCUT2D eigenvalue weighted by molar-refractivity contribution is 0.261. The average Bonchev–Trinajstić information content (AvgIpc) is 2.34. The first kappa shape index (κ1) is 15.1. The van der Waals surface area contributed by atoms with E-state index in [1.54, 1.807) is 0 Å². The number of likely N-dealkylation sites (N-methyl/N-ethyl adjacent to an activating group) is 1. The molecular formula is C13H21ClFN3. The predicted octanol–water partition coefficient (Wildman–Crippen LogP) is 3.20. The molecule has 5 heteroatoms. The molecule has 102 valence electrons. The van der Waals surface area contributed by atoms with Gasteiger partial charge in [-0.3, -0.25) is 0 Å². The first-order chi connectivity index (χ1) is 8.45. The summed E-state index contributed by atoms with van der Waals surface area (Å²) in [6.07, 6.45) is 1.11. The Bertz CT molecular complexity index is 398. The van der Waals surface area contributed by atoms with Crippen molar-refractivity contribution in [1.29, 1.82) is 0 Å². The molecule has 3 N–H and O–H groups in total. The van der Waals surface area contributed by atoms with Gasteiger partial charge in [0.1, 0.15) is 5.82 Å². The molecule has 1 atom stereocenters. The first-order valence-corrected chi connectivity index (χ1v) is 6.52. The number of nitrogens with one attached hydrogen (secondary N) is 1. The Hall–Kier alpha value is -1.00. The van der Waals surface area contributed by atoms with Crippen LogP contribution in [-0.2, 0) is 0 Å². The van der Waals surface area contributed by atoms with Crippen molar-refractivity contribution in [3.05, 3.63) is 23.0 Å². The van der Waals surface area contributed by atoms with Crippen LogP contribution < -0.4 is 11.1 Å². The first-order valence-electron chi connectivity index (χ1n) is 6.14. The Morgan fingerprint density at radius 1 is 1.50 bits per heavy atom. The van der Waals surface area contributed by atoms with Crippen LogP contribution in [0.15, 0.2) is 12.1 Å². The number of rotatable bonds is 6. The van der Waals surface area contributed by atoms with Crippen molar-refractivity contribution in [3.8, 4) is 0 Å². The number of halogens is 2. The maximum absolute atomic E-state index is 13.3. The Balaban J connectivity index is 2.52. The minimum Gasteiger partial charge on any atom is -0.397 e. The lowest BCUT2D eigenvalue weighted by Gasteiger charge is -2.23. The van der Waals surface area contributed by atoms with Gasteiger partial charge in [-0.25, -0.2) is 4.39 Å². The van der Waals surface area contributed by atoms with Crippen LogP contribution in [0.5, 0.6) is 0 Å². The minimum atomic E-state index is -0.455. The summed E-state index contributed by atoms with van der Waals surface area (Å²) in [5, 5.41) is 3.18. The SMILES string of the molecule is CCC(C)N(C)CCNc1cc(F)c(Cl)cc1N. The Kier molecular flexibility index (Phi) is 5.69. The summed E-state index contributed by atoms with van der Waals surface area (Å²) < 4.78 is 13.3. The van der Waals surface area contributed by atoms with Crippen LogP contribution in [0.1, 0.15) is 20.3 Å². The second-order valence-corrected chi connectivity index (χ2v) is 4.93. The number of benzene rings is 1. The van der Waals surface area contributed by atoms with E-state index in [1.165, 1.54) is 12.1 Å². The van der Waals surface area contributed by atoms with Gasteiger partial charge in [-0.05, 0) is 26.5 Å². The molecule has 0 amide bonds. The molecule has 0 saturated carbocycles. The minimum absolute atomic E-state index is 0.0507. The van der Waals surface area contributed by atoms with E-state index in [0.29, 0.717) is 24.0 Å². The van der Waals surface area contributed by atoms with E-state index in [9.17, 15) is 4.39 Å². The average molecular weight is 274 g/mol. The van der Waals surface area contributed by atoms with Crippen LogP contribution in [0.3, 0.4) is 0 Å². The highest BCUT2D eigenvalue weighted by atomic mass is 35.5. The quantitative estimate of drug-likeness (QED) is 0.782. The van der Waals surface area contributed by atoms with Crippen molar-refractivity contribution < 1.29 is 4.39 Å². The van der Waals surface area contributed by atoms with Gasteiger partial charge in [0.25, 0.3) is 0 Å². The van der Waals surface area contributed by atoms with Crippen LogP contribution in [0.25, 0.3) is 0 Å². The normalized spacial score (nSPS) is 12.8. The Morgan fingerprint density at radius 2 is 2.17 bits per heavy atom. The summed E-state index contributed by atoms with van der Waals surface area (Å²) >= 11 is 5.64. The van der Waals surface area contributed by atoms with Gasteiger partial charge in [-0.15, -0.1) is 0 Å². The lowest BCUT2D eigenvalue weighted by atomic mass is 10.2. The fourth-order valence-corrected chi connectivity index (χ4v) is 1.79. The van der Waals surface area contributed by atoms with Gasteiger partial charge in [0, 0.05) is 25.2 Å². The summed E-state index contributed by atoms with van der Waals surface area (Å²) in [6.45, 7) is 5.92. The van der Waals surface area contributed by atoms with Gasteiger partial charge in [0.15, 0.2) is 0 Å². The maximum atomic E-state index is 13.3. The molecule has 0 aliphatic carbocycles. The van der Waals surface area contributed by atoms with Crippen molar-refractivity contribution in [3.63, 3.8) is 0 Å². The van der Waals surface area contributed by atoms with E-state index in [0.717, 1.165) is 13.0 Å². The molecule has 0 saturated heterocycles. The number of nitrogen functional groups attached to an aromatic ring is 1. The predicted molar refractivity (Wildman–Crippen MR) is 76.7 cm³/mol. The zero-order chi connectivity index (χ0) is 13.7. The standard InChI is InChI=1S/C13H21ClFN3/c1-4-9(2)18(3)6-5-17-13-8-11(15)10(14)7-12(13)16/h7-9,17H,4-6,16H2,1-3H3. The van der Waals surface area contributed by atoms with E-state index >= 15 is 0 Å². The summed E-state index contributed by atoms with van der Waals surface area (Å²) in [6, 6.07) is 3.30. The van der Waals surface area contributed by atoms with E-state index in [-0.39, 0.29) is 5.02 Å². The molecule has 0 bridgehead atoms. The van der Waals surface area contributed by atoms with Crippen LogP contribution in [0.4, 0.5) is 15.8 Å². The summed E-state index contributed by atoms with van der Waals surface area (Å²) in [4.78, 5) is 2.25. The van der Waals surface area contributed by atoms with E-state index < -0.39 is 5.82 Å². The molecule has 0 heterocycles. The smallest absolute Gasteiger partial charge is 0.143 e. The number of nitrogens with zero attached hydrogens (tertiary/aromatic N) is 1. The second-order valence-electron chi connectivity index (χ2n) is 4.52. The van der Waals surface area contributed by atoms with Gasteiger partial charge in [0.05, 0.1) is 16.4 Å². The van der Waals surface area contributed by atoms with Crippen molar-refractivity contribution in [1.82, 2.24) is 4.90 Å². The topological polar surface area (TPSA) is 41.3 Å². The summed E-state index contributed by atoms with van der Waals surface area (Å²) in [5.41, 5.74) is 6.82. The largest absolute Gasteiger partial charge is 0.397 e. The van der Waals surface area contributed by atoms with E-state index in [1.807, 2.05) is 0 Å². The van der Waals surface area contributed by atoms with Crippen molar-refractivity contribution in [2.24, 2.45) is 0 Å². The highest BCUT2D eigenvalue weighted by molar-refractivity contribution is 6.31. The van der Waals surface area contributed by atoms with Gasteiger partial charge in [-0.1, -0.05) is 18.5 Å². The molecule has 1 rings (SSSR count). The van der Waals surface area contributed by atoms with Crippen LogP contribution in [0, 0.1) is 5.82 Å². The van der Waals surface area contributed by atoms with E-state index in [2.05, 4.69) is 31.1 Å². The second kappa shape index (κ2) is 6.81. The lowest BCUT2D eigenvalue weighted by Crippen LogP contribution is -2.32.